The van der Waals surface area contributed by atoms with Crippen molar-refractivity contribution in [1.29, 1.82) is 5.26 Å². The Bertz CT molecular complexity index is 1520. The maximum atomic E-state index is 14.0. The van der Waals surface area contributed by atoms with E-state index in [0.717, 1.165) is 57.9 Å². The first-order valence-electron chi connectivity index (χ1n) is 12.0. The molecule has 2 aliphatic heterocycles. The molecule has 0 N–H and O–H groups in total. The fourth-order valence-electron chi connectivity index (χ4n) is 5.25. The van der Waals surface area contributed by atoms with Crippen LogP contribution in [0.4, 0.5) is 10.3 Å². The van der Waals surface area contributed by atoms with E-state index in [1.165, 1.54) is 25.0 Å². The van der Waals surface area contributed by atoms with Crippen LogP contribution in [0.3, 0.4) is 0 Å². The molecule has 3 aromatic carbocycles. The predicted octanol–water partition coefficient (Wildman–Crippen LogP) is 6.06. The van der Waals surface area contributed by atoms with Gasteiger partial charge in [0.05, 0.1) is 23.6 Å². The summed E-state index contributed by atoms with van der Waals surface area (Å²) in [5, 5.41) is 9.71. The zero-order chi connectivity index (χ0) is 23.9. The lowest BCUT2D eigenvalue weighted by atomic mass is 9.90. The normalized spacial score (nSPS) is 16.3. The van der Waals surface area contributed by atoms with Crippen LogP contribution in [0, 0.1) is 17.1 Å². The number of anilines is 1. The SMILES string of the molecule is C/C(C#N)=C1/c2ccc(Cn3c(N4CCCC4)nc4ccccc43)cc2COc2cc(F)ccc21. The minimum atomic E-state index is -0.356. The summed E-state index contributed by atoms with van der Waals surface area (Å²) in [6, 6.07) is 21.4. The lowest BCUT2D eigenvalue weighted by Crippen LogP contribution is -2.22. The number of halogens is 1. The predicted molar refractivity (Wildman–Crippen MR) is 135 cm³/mol. The van der Waals surface area contributed by atoms with Crippen LogP contribution < -0.4 is 9.64 Å². The Morgan fingerprint density at radius 3 is 2.69 bits per heavy atom. The van der Waals surface area contributed by atoms with Crippen molar-refractivity contribution in [2.75, 3.05) is 18.0 Å². The molecule has 1 saturated heterocycles. The average molecular weight is 465 g/mol. The van der Waals surface area contributed by atoms with Crippen molar-refractivity contribution in [3.8, 4) is 11.8 Å². The van der Waals surface area contributed by atoms with Crippen LogP contribution in [0.25, 0.3) is 16.6 Å². The molecule has 0 amide bonds. The summed E-state index contributed by atoms with van der Waals surface area (Å²) in [5.41, 5.74) is 7.30. The highest BCUT2D eigenvalue weighted by molar-refractivity contribution is 5.88. The molecule has 5 nitrogen and oxygen atoms in total. The monoisotopic (exact) mass is 464 g/mol. The molecule has 0 unspecified atom stereocenters. The number of aromatic nitrogens is 2. The van der Waals surface area contributed by atoms with Gasteiger partial charge in [0.2, 0.25) is 5.95 Å². The number of nitriles is 1. The van der Waals surface area contributed by atoms with Crippen LogP contribution in [0.2, 0.25) is 0 Å². The zero-order valence-corrected chi connectivity index (χ0v) is 19.6. The third kappa shape index (κ3) is 3.74. The second-order valence-corrected chi connectivity index (χ2v) is 9.21. The summed E-state index contributed by atoms with van der Waals surface area (Å²) in [6.07, 6.45) is 2.38. The van der Waals surface area contributed by atoms with E-state index in [4.69, 9.17) is 9.72 Å². The summed E-state index contributed by atoms with van der Waals surface area (Å²) in [7, 11) is 0. The Morgan fingerprint density at radius 2 is 1.86 bits per heavy atom. The number of benzene rings is 3. The molecule has 0 aliphatic carbocycles. The molecule has 0 spiro atoms. The molecule has 3 heterocycles. The van der Waals surface area contributed by atoms with E-state index in [0.29, 0.717) is 24.5 Å². The Morgan fingerprint density at radius 1 is 1.06 bits per heavy atom. The van der Waals surface area contributed by atoms with Gasteiger partial charge in [-0.05, 0) is 66.8 Å². The van der Waals surface area contributed by atoms with Crippen molar-refractivity contribution in [2.45, 2.75) is 32.9 Å². The van der Waals surface area contributed by atoms with Gasteiger partial charge in [-0.1, -0.05) is 24.3 Å². The van der Waals surface area contributed by atoms with Gasteiger partial charge in [0.25, 0.3) is 0 Å². The second kappa shape index (κ2) is 8.59. The van der Waals surface area contributed by atoms with E-state index < -0.39 is 0 Å². The number of rotatable bonds is 3. The van der Waals surface area contributed by atoms with Gasteiger partial charge >= 0.3 is 0 Å². The molecule has 35 heavy (non-hydrogen) atoms. The van der Waals surface area contributed by atoms with Gasteiger partial charge < -0.3 is 14.2 Å². The Hall–Kier alpha value is -4.11. The molecule has 174 valence electrons. The highest BCUT2D eigenvalue weighted by Crippen LogP contribution is 2.39. The molecule has 0 atom stereocenters. The quantitative estimate of drug-likeness (QED) is 0.346. The summed E-state index contributed by atoms with van der Waals surface area (Å²) in [6.45, 7) is 4.84. The molecule has 0 bridgehead atoms. The molecule has 6 rings (SSSR count). The van der Waals surface area contributed by atoms with E-state index >= 15 is 0 Å². The summed E-state index contributed by atoms with van der Waals surface area (Å²) in [5.74, 6) is 1.12. The minimum absolute atomic E-state index is 0.311. The topological polar surface area (TPSA) is 54.1 Å². The van der Waals surface area contributed by atoms with Crippen molar-refractivity contribution in [2.24, 2.45) is 0 Å². The van der Waals surface area contributed by atoms with E-state index in [1.54, 1.807) is 13.0 Å². The molecule has 0 saturated carbocycles. The smallest absolute Gasteiger partial charge is 0.206 e. The van der Waals surface area contributed by atoms with Gasteiger partial charge in [-0.3, -0.25) is 0 Å². The van der Waals surface area contributed by atoms with Gasteiger partial charge in [-0.15, -0.1) is 0 Å². The maximum absolute atomic E-state index is 14.0. The van der Waals surface area contributed by atoms with E-state index in [-0.39, 0.29) is 5.82 Å². The van der Waals surface area contributed by atoms with Gasteiger partial charge in [0, 0.05) is 35.9 Å². The third-order valence-electron chi connectivity index (χ3n) is 6.94. The van der Waals surface area contributed by atoms with Gasteiger partial charge in [0.1, 0.15) is 18.2 Å². The molecular weight excluding hydrogens is 439 g/mol. The fourth-order valence-corrected chi connectivity index (χ4v) is 5.25. The highest BCUT2D eigenvalue weighted by atomic mass is 19.1. The van der Waals surface area contributed by atoms with Gasteiger partial charge in [-0.25, -0.2) is 9.37 Å². The molecule has 4 aromatic rings. The van der Waals surface area contributed by atoms with Crippen molar-refractivity contribution >= 4 is 22.6 Å². The molecule has 1 aromatic heterocycles. The highest BCUT2D eigenvalue weighted by Gasteiger charge is 2.24. The van der Waals surface area contributed by atoms with Crippen molar-refractivity contribution in [3.63, 3.8) is 0 Å². The molecular formula is C29H25FN4O. The van der Waals surface area contributed by atoms with Crippen LogP contribution in [0.15, 0.2) is 66.2 Å². The van der Waals surface area contributed by atoms with E-state index in [1.807, 2.05) is 6.07 Å². The first-order valence-corrected chi connectivity index (χ1v) is 12.0. The van der Waals surface area contributed by atoms with Crippen LogP contribution in [-0.4, -0.2) is 22.6 Å². The lowest BCUT2D eigenvalue weighted by Gasteiger charge is -2.19. The molecule has 2 aliphatic rings. The number of para-hydroxylation sites is 2. The Kier molecular flexibility index (Phi) is 5.26. The van der Waals surface area contributed by atoms with Gasteiger partial charge in [-0.2, -0.15) is 5.26 Å². The van der Waals surface area contributed by atoms with Gasteiger partial charge in [0.15, 0.2) is 0 Å². The minimum Gasteiger partial charge on any atom is -0.488 e. The third-order valence-corrected chi connectivity index (χ3v) is 6.94. The molecule has 6 heteroatoms. The number of allylic oxidation sites excluding steroid dienone is 1. The first-order chi connectivity index (χ1) is 17.1. The van der Waals surface area contributed by atoms with E-state index in [2.05, 4.69) is 51.9 Å². The number of imidazole rings is 1. The second-order valence-electron chi connectivity index (χ2n) is 9.21. The van der Waals surface area contributed by atoms with Crippen molar-refractivity contribution in [1.82, 2.24) is 9.55 Å². The van der Waals surface area contributed by atoms with Crippen LogP contribution in [0.5, 0.6) is 5.75 Å². The number of fused-ring (bicyclic) bond motifs is 3. The fraction of sp³-hybridized carbons (Fsp3) is 0.241. The number of nitrogens with zero attached hydrogens (tertiary/aromatic N) is 4. The maximum Gasteiger partial charge on any atom is 0.206 e. The zero-order valence-electron chi connectivity index (χ0n) is 19.6. The first kappa shape index (κ1) is 21.4. The summed E-state index contributed by atoms with van der Waals surface area (Å²) < 4.78 is 22.3. The van der Waals surface area contributed by atoms with Crippen LogP contribution in [-0.2, 0) is 13.2 Å². The Labute approximate surface area is 203 Å². The van der Waals surface area contributed by atoms with Crippen molar-refractivity contribution < 1.29 is 9.13 Å². The average Bonchev–Trinajstić information content (AvgIpc) is 3.49. The van der Waals surface area contributed by atoms with Crippen LogP contribution in [0.1, 0.15) is 42.0 Å². The standard InChI is InChI=1S/C29H25FN4O/c1-19(16-31)28-23-10-8-20(14-21(23)18-35-27-15-22(30)9-11-24(27)28)17-34-26-7-3-2-6-25(26)32-29(34)33-12-4-5-13-33/h2-3,6-11,14-15H,4-5,12-13,17-18H2,1H3/b28-19+. The summed E-state index contributed by atoms with van der Waals surface area (Å²) >= 11 is 0. The number of ether oxygens (including phenoxy) is 1. The van der Waals surface area contributed by atoms with Crippen LogP contribution >= 0.6 is 0 Å². The molecule has 0 radical (unpaired) electrons. The van der Waals surface area contributed by atoms with E-state index in [9.17, 15) is 9.65 Å². The number of hydrogen-bond acceptors (Lipinski definition) is 4. The Balaban J connectivity index is 1.44. The largest absolute Gasteiger partial charge is 0.488 e. The molecule has 1 fully saturated rings. The lowest BCUT2D eigenvalue weighted by molar-refractivity contribution is 0.305. The number of hydrogen-bond donors (Lipinski definition) is 0. The summed E-state index contributed by atoms with van der Waals surface area (Å²) in [4.78, 5) is 7.33. The van der Waals surface area contributed by atoms with Crippen molar-refractivity contribution in [3.05, 3.63) is 94.3 Å².